The van der Waals surface area contributed by atoms with E-state index in [0.29, 0.717) is 81.7 Å². The number of phenolic OH excluding ortho intramolecular Hbond substituents is 3. The van der Waals surface area contributed by atoms with Crippen molar-refractivity contribution in [3.8, 4) is 40.3 Å². The lowest BCUT2D eigenvalue weighted by Crippen LogP contribution is -2.49. The standard InChI is InChI=1S/C48H55N11O6/c1-30(2)38-26-39(43(63)27-42(38)62)46-52-53-48(65)59(46)34-10-8-32(9-11-34)28-54-16-18-56(19-17-54)44(64)12-14-49-47-50-40-29-58(41-25-35(61)24-33-6-4-5-7-36(33)41)15-13-37(40)45(51-47)57-22-20-55(21-23-57)31(3)60/h4-11,24-27,30,61-63H,12-23,28-29H2,1-3H3,(H,53,65)(H,49,50,51). The van der Waals surface area contributed by atoms with Crippen LogP contribution < -0.4 is 15.1 Å². The van der Waals surface area contributed by atoms with Gasteiger partial charge < -0.3 is 45.3 Å². The van der Waals surface area contributed by atoms with E-state index in [4.69, 9.17) is 9.97 Å². The van der Waals surface area contributed by atoms with Crippen LogP contribution in [-0.2, 0) is 29.1 Å². The first-order valence-corrected chi connectivity index (χ1v) is 22.3. The third kappa shape index (κ3) is 9.00. The van der Waals surface area contributed by atoms with Gasteiger partial charge in [-0.15, -0.1) is 5.10 Å². The molecule has 17 heteroatoms. The van der Waals surface area contributed by atoms with Gasteiger partial charge in [-0.1, -0.05) is 55.3 Å². The van der Waals surface area contributed by atoms with Crippen molar-refractivity contribution in [3.63, 3.8) is 0 Å². The minimum atomic E-state index is -0.324. The van der Waals surface area contributed by atoms with E-state index in [1.54, 1.807) is 19.1 Å². The lowest BCUT2D eigenvalue weighted by atomic mass is 9.98. The van der Waals surface area contributed by atoms with Crippen molar-refractivity contribution in [1.82, 2.24) is 39.4 Å². The highest BCUT2D eigenvalue weighted by Crippen LogP contribution is 2.40. The predicted octanol–water partition coefficient (Wildman–Crippen LogP) is 5.20. The summed E-state index contributed by atoms with van der Waals surface area (Å²) in [5, 5.41) is 55.8. The Labute approximate surface area is 377 Å². The molecule has 3 aliphatic heterocycles. The number of nitrogens with zero attached hydrogens (tertiary/aromatic N) is 10. The number of fused-ring (bicyclic) bond motifs is 2. The number of piperazine rings is 2. The number of aromatic nitrogens is 5. The van der Waals surface area contributed by atoms with Gasteiger partial charge in [-0.05, 0) is 53.1 Å². The van der Waals surface area contributed by atoms with Gasteiger partial charge in [0.1, 0.15) is 23.1 Å². The molecule has 338 valence electrons. The van der Waals surface area contributed by atoms with Crippen molar-refractivity contribution in [2.45, 2.75) is 52.6 Å². The SMILES string of the molecule is CC(=O)N1CCN(c2nc(NCCC(=O)N3CCN(Cc4ccc(-n5c(O)nnc5-c5cc(C(C)C)c(O)cc5O)cc4)CC3)nc3c2CCN(c2cc(O)cc4ccccc24)C3)CC1. The summed E-state index contributed by atoms with van der Waals surface area (Å²) in [4.78, 5) is 46.3. The van der Waals surface area contributed by atoms with E-state index in [0.717, 1.165) is 65.2 Å². The van der Waals surface area contributed by atoms with Crippen molar-refractivity contribution in [1.29, 1.82) is 0 Å². The minimum absolute atomic E-state index is 0.00622. The van der Waals surface area contributed by atoms with Crippen LogP contribution in [0.5, 0.6) is 23.3 Å². The number of hydrogen-bond donors (Lipinski definition) is 5. The first-order chi connectivity index (χ1) is 31.4. The molecule has 0 spiro atoms. The molecule has 0 aliphatic carbocycles. The molecule has 0 radical (unpaired) electrons. The summed E-state index contributed by atoms with van der Waals surface area (Å²) in [6.07, 6.45) is 1.01. The van der Waals surface area contributed by atoms with Crippen LogP contribution in [0.2, 0.25) is 0 Å². The van der Waals surface area contributed by atoms with Gasteiger partial charge in [0.15, 0.2) is 5.82 Å². The number of amides is 2. The second kappa shape index (κ2) is 18.2. The molecule has 9 rings (SSSR count). The van der Waals surface area contributed by atoms with Crippen LogP contribution in [0.4, 0.5) is 17.5 Å². The van der Waals surface area contributed by atoms with Crippen molar-refractivity contribution in [2.75, 3.05) is 80.6 Å². The van der Waals surface area contributed by atoms with Crippen molar-refractivity contribution in [2.24, 2.45) is 0 Å². The van der Waals surface area contributed by atoms with Crippen LogP contribution in [0, 0.1) is 0 Å². The number of nitrogens with one attached hydrogen (secondary N) is 1. The van der Waals surface area contributed by atoms with Crippen LogP contribution in [0.25, 0.3) is 27.8 Å². The average Bonchev–Trinajstić information content (AvgIpc) is 3.69. The van der Waals surface area contributed by atoms with E-state index in [2.05, 4.69) is 36.3 Å². The Hall–Kier alpha value is -7.14. The van der Waals surface area contributed by atoms with Gasteiger partial charge in [-0.3, -0.25) is 14.5 Å². The molecular weight excluding hydrogens is 827 g/mol. The van der Waals surface area contributed by atoms with Gasteiger partial charge in [-0.2, -0.15) is 4.98 Å². The smallest absolute Gasteiger partial charge is 0.319 e. The molecule has 3 aliphatic rings. The highest BCUT2D eigenvalue weighted by atomic mass is 16.3. The highest BCUT2D eigenvalue weighted by molar-refractivity contribution is 5.95. The Bertz CT molecular complexity index is 2730. The Balaban J connectivity index is 0.822. The lowest BCUT2D eigenvalue weighted by molar-refractivity contribution is -0.132. The van der Waals surface area contributed by atoms with Gasteiger partial charge in [0.25, 0.3) is 0 Å². The maximum atomic E-state index is 13.5. The maximum Gasteiger partial charge on any atom is 0.319 e. The third-order valence-corrected chi connectivity index (χ3v) is 12.8. The van der Waals surface area contributed by atoms with Gasteiger partial charge >= 0.3 is 6.01 Å². The normalized spacial score (nSPS) is 15.8. The summed E-state index contributed by atoms with van der Waals surface area (Å²) in [7, 11) is 0. The summed E-state index contributed by atoms with van der Waals surface area (Å²) in [6, 6.07) is 22.0. The summed E-state index contributed by atoms with van der Waals surface area (Å²) in [6.45, 7) is 13.0. The molecule has 6 aromatic rings. The zero-order valence-corrected chi connectivity index (χ0v) is 37.0. The van der Waals surface area contributed by atoms with Crippen LogP contribution in [0.1, 0.15) is 55.5 Å². The summed E-state index contributed by atoms with van der Waals surface area (Å²) >= 11 is 0. The monoisotopic (exact) mass is 881 g/mol. The Morgan fingerprint density at radius 3 is 2.25 bits per heavy atom. The fourth-order valence-electron chi connectivity index (χ4n) is 9.25. The number of hydrogen-bond acceptors (Lipinski definition) is 14. The predicted molar refractivity (Wildman–Crippen MR) is 248 cm³/mol. The third-order valence-electron chi connectivity index (χ3n) is 12.8. The molecule has 5 N–H and O–H groups in total. The molecule has 0 unspecified atom stereocenters. The minimum Gasteiger partial charge on any atom is -0.508 e. The van der Waals surface area contributed by atoms with E-state index < -0.39 is 0 Å². The Kier molecular flexibility index (Phi) is 12.0. The Morgan fingerprint density at radius 1 is 0.769 bits per heavy atom. The summed E-state index contributed by atoms with van der Waals surface area (Å²) in [5.41, 5.74) is 5.60. The van der Waals surface area contributed by atoms with E-state index in [1.807, 2.05) is 72.2 Å². The molecular formula is C48H55N11O6. The van der Waals surface area contributed by atoms with Crippen LogP contribution in [0.15, 0.2) is 72.8 Å². The largest absolute Gasteiger partial charge is 0.508 e. The molecule has 17 nitrogen and oxygen atoms in total. The molecule has 2 saturated heterocycles. The first kappa shape index (κ1) is 43.1. The zero-order chi connectivity index (χ0) is 45.4. The van der Waals surface area contributed by atoms with Gasteiger partial charge in [0.2, 0.25) is 17.8 Å². The molecule has 65 heavy (non-hydrogen) atoms. The Morgan fingerprint density at radius 2 is 1.51 bits per heavy atom. The number of rotatable bonds is 11. The number of aromatic hydroxyl groups is 4. The summed E-state index contributed by atoms with van der Waals surface area (Å²) in [5.74, 6) is 1.74. The maximum absolute atomic E-state index is 13.5. The fourth-order valence-corrected chi connectivity index (χ4v) is 9.25. The highest BCUT2D eigenvalue weighted by Gasteiger charge is 2.29. The first-order valence-electron chi connectivity index (χ1n) is 22.3. The van der Waals surface area contributed by atoms with Crippen molar-refractivity contribution < 1.29 is 30.0 Å². The van der Waals surface area contributed by atoms with E-state index in [1.165, 1.54) is 10.6 Å². The molecule has 4 aromatic carbocycles. The molecule has 2 amide bonds. The lowest BCUT2D eigenvalue weighted by Gasteiger charge is -2.38. The molecule has 0 atom stereocenters. The molecule has 2 fully saturated rings. The van der Waals surface area contributed by atoms with Crippen LogP contribution >= 0.6 is 0 Å². The number of phenols is 3. The summed E-state index contributed by atoms with van der Waals surface area (Å²) < 4.78 is 1.46. The average molecular weight is 882 g/mol. The second-order valence-electron chi connectivity index (χ2n) is 17.4. The van der Waals surface area contributed by atoms with Gasteiger partial charge in [0.05, 0.1) is 23.5 Å². The number of anilines is 3. The molecule has 0 saturated carbocycles. The number of carbonyl (C=O) groups is 2. The van der Waals surface area contributed by atoms with Crippen molar-refractivity contribution >= 4 is 40.0 Å². The molecule has 0 bridgehead atoms. The quantitative estimate of drug-likeness (QED) is 0.114. The van der Waals surface area contributed by atoms with E-state index in [9.17, 15) is 30.0 Å². The van der Waals surface area contributed by atoms with Crippen LogP contribution in [-0.4, -0.2) is 137 Å². The zero-order valence-electron chi connectivity index (χ0n) is 37.0. The van der Waals surface area contributed by atoms with E-state index >= 15 is 0 Å². The van der Waals surface area contributed by atoms with Crippen LogP contribution in [0.3, 0.4) is 0 Å². The number of benzene rings is 4. The molecule has 5 heterocycles. The van der Waals surface area contributed by atoms with Crippen molar-refractivity contribution in [3.05, 3.63) is 95.2 Å². The van der Waals surface area contributed by atoms with Gasteiger partial charge in [0, 0.05) is 114 Å². The number of carbonyl (C=O) groups excluding carboxylic acids is 2. The molecule has 2 aromatic heterocycles. The van der Waals surface area contributed by atoms with Gasteiger partial charge in [-0.25, -0.2) is 9.55 Å². The topological polar surface area (TPSA) is 200 Å². The fraction of sp³-hybridized carbons (Fsp3) is 0.375. The second-order valence-corrected chi connectivity index (χ2v) is 17.4. The van der Waals surface area contributed by atoms with E-state index in [-0.39, 0.29) is 53.2 Å².